The molecule has 0 bridgehead atoms. The minimum Gasteiger partial charge on any atom is -0.468 e. The third-order valence-corrected chi connectivity index (χ3v) is 5.12. The third-order valence-electron chi connectivity index (χ3n) is 2.12. The van der Waals surface area contributed by atoms with Crippen molar-refractivity contribution in [3.8, 4) is 0 Å². The fraction of sp³-hybridized carbons (Fsp3) is 0.200. The summed E-state index contributed by atoms with van der Waals surface area (Å²) in [5, 5.41) is 0. The van der Waals surface area contributed by atoms with Gasteiger partial charge in [0.2, 0.25) is 10.0 Å². The fourth-order valence-corrected chi connectivity index (χ4v) is 3.54. The zero-order valence-electron chi connectivity index (χ0n) is 8.92. The average Bonchev–Trinajstić information content (AvgIpc) is 2.98. The van der Waals surface area contributed by atoms with E-state index in [1.165, 1.54) is 17.6 Å². The molecule has 5 nitrogen and oxygen atoms in total. The minimum absolute atomic E-state index is 0.144. The van der Waals surface area contributed by atoms with Gasteiger partial charge in [-0.2, -0.15) is 0 Å². The predicted molar refractivity (Wildman–Crippen MR) is 64.9 cm³/mol. The van der Waals surface area contributed by atoms with Crippen LogP contribution in [0, 0.1) is 0 Å². The summed E-state index contributed by atoms with van der Waals surface area (Å²) in [6, 6.07) is 6.69. The summed E-state index contributed by atoms with van der Waals surface area (Å²) in [6.07, 6.45) is 1.50. The van der Waals surface area contributed by atoms with Gasteiger partial charge in [0.05, 0.1) is 12.8 Å². The first kappa shape index (κ1) is 12.3. The van der Waals surface area contributed by atoms with Gasteiger partial charge >= 0.3 is 0 Å². The maximum Gasteiger partial charge on any atom is 0.250 e. The van der Waals surface area contributed by atoms with Crippen molar-refractivity contribution in [1.82, 2.24) is 4.72 Å². The first-order valence-electron chi connectivity index (χ1n) is 4.92. The van der Waals surface area contributed by atoms with E-state index in [0.29, 0.717) is 12.3 Å². The molecule has 3 N–H and O–H groups in total. The molecule has 2 aromatic heterocycles. The largest absolute Gasteiger partial charge is 0.468 e. The van der Waals surface area contributed by atoms with Gasteiger partial charge in [-0.3, -0.25) is 0 Å². The summed E-state index contributed by atoms with van der Waals surface area (Å²) >= 11 is 1.17. The van der Waals surface area contributed by atoms with Crippen LogP contribution < -0.4 is 10.5 Å². The standard InChI is InChI=1S/C10H12N2O3S2/c11-6-9-3-4-10(16-9)17(13,14)12-7-8-2-1-5-15-8/h1-5,12H,6-7,11H2. The van der Waals surface area contributed by atoms with Gasteiger partial charge in [0, 0.05) is 11.4 Å². The molecule has 0 aromatic carbocycles. The molecule has 0 spiro atoms. The Morgan fingerprint density at radius 2 is 2.18 bits per heavy atom. The molecule has 2 rings (SSSR count). The summed E-state index contributed by atoms with van der Waals surface area (Å²) in [5.41, 5.74) is 5.44. The number of hydrogen-bond acceptors (Lipinski definition) is 5. The SMILES string of the molecule is NCc1ccc(S(=O)(=O)NCc2ccco2)s1. The monoisotopic (exact) mass is 272 g/mol. The van der Waals surface area contributed by atoms with Crippen molar-refractivity contribution in [3.05, 3.63) is 41.2 Å². The highest BCUT2D eigenvalue weighted by molar-refractivity contribution is 7.91. The Bertz CT molecular complexity index is 572. The van der Waals surface area contributed by atoms with E-state index in [1.54, 1.807) is 24.3 Å². The second kappa shape index (κ2) is 5.01. The highest BCUT2D eigenvalue weighted by Gasteiger charge is 2.16. The number of furan rings is 1. The van der Waals surface area contributed by atoms with E-state index in [2.05, 4.69) is 4.72 Å². The molecule has 2 aromatic rings. The molecule has 0 aliphatic rings. The Morgan fingerprint density at radius 1 is 1.35 bits per heavy atom. The summed E-state index contributed by atoms with van der Waals surface area (Å²) in [7, 11) is -3.47. The zero-order chi connectivity index (χ0) is 12.3. The zero-order valence-corrected chi connectivity index (χ0v) is 10.6. The lowest BCUT2D eigenvalue weighted by Crippen LogP contribution is -2.22. The highest BCUT2D eigenvalue weighted by atomic mass is 32.2. The summed E-state index contributed by atoms with van der Waals surface area (Å²) in [6.45, 7) is 0.490. The van der Waals surface area contributed by atoms with Crippen molar-refractivity contribution in [3.63, 3.8) is 0 Å². The van der Waals surface area contributed by atoms with Gasteiger partial charge in [-0.25, -0.2) is 13.1 Å². The van der Waals surface area contributed by atoms with Crippen LogP contribution >= 0.6 is 11.3 Å². The van der Waals surface area contributed by atoms with E-state index >= 15 is 0 Å². The Balaban J connectivity index is 2.08. The van der Waals surface area contributed by atoms with Crippen LogP contribution in [0.25, 0.3) is 0 Å². The molecular formula is C10H12N2O3S2. The van der Waals surface area contributed by atoms with Gasteiger partial charge in [0.1, 0.15) is 9.97 Å². The van der Waals surface area contributed by atoms with E-state index in [1.807, 2.05) is 0 Å². The molecule has 0 unspecified atom stereocenters. The molecule has 7 heteroatoms. The van der Waals surface area contributed by atoms with Crippen LogP contribution in [0.2, 0.25) is 0 Å². The Kier molecular flexibility index (Phi) is 3.63. The van der Waals surface area contributed by atoms with E-state index in [9.17, 15) is 8.42 Å². The van der Waals surface area contributed by atoms with Crippen LogP contribution in [-0.2, 0) is 23.1 Å². The van der Waals surface area contributed by atoms with E-state index < -0.39 is 10.0 Å². The summed E-state index contributed by atoms with van der Waals surface area (Å²) in [5.74, 6) is 0.573. The maximum atomic E-state index is 11.9. The van der Waals surface area contributed by atoms with Gasteiger partial charge in [0.25, 0.3) is 0 Å². The lowest BCUT2D eigenvalue weighted by Gasteiger charge is -2.02. The second-order valence-electron chi connectivity index (χ2n) is 3.33. The molecule has 0 atom stereocenters. The van der Waals surface area contributed by atoms with Crippen LogP contribution in [0.1, 0.15) is 10.6 Å². The van der Waals surface area contributed by atoms with Crippen LogP contribution in [0.5, 0.6) is 0 Å². The van der Waals surface area contributed by atoms with Gasteiger partial charge < -0.3 is 10.2 Å². The molecule has 2 heterocycles. The molecule has 0 aliphatic heterocycles. The van der Waals surface area contributed by atoms with Crippen LogP contribution in [0.15, 0.2) is 39.2 Å². The molecule has 92 valence electrons. The normalized spacial score (nSPS) is 11.8. The lowest BCUT2D eigenvalue weighted by molar-refractivity contribution is 0.499. The minimum atomic E-state index is -3.47. The van der Waals surface area contributed by atoms with Crippen molar-refractivity contribution >= 4 is 21.4 Å². The molecule has 0 aliphatic carbocycles. The Labute approximate surface area is 103 Å². The molecule has 0 fully saturated rings. The number of nitrogens with two attached hydrogens (primary N) is 1. The molecule has 0 amide bonds. The second-order valence-corrected chi connectivity index (χ2v) is 6.49. The van der Waals surface area contributed by atoms with Crippen LogP contribution in [-0.4, -0.2) is 8.42 Å². The van der Waals surface area contributed by atoms with E-state index in [0.717, 1.165) is 4.88 Å². The highest BCUT2D eigenvalue weighted by Crippen LogP contribution is 2.21. The van der Waals surface area contributed by atoms with Crippen molar-refractivity contribution < 1.29 is 12.8 Å². The first-order chi connectivity index (χ1) is 8.12. The van der Waals surface area contributed by atoms with Gasteiger partial charge in [-0.1, -0.05) is 0 Å². The lowest BCUT2D eigenvalue weighted by atomic mass is 10.5. The summed E-state index contributed by atoms with van der Waals surface area (Å²) in [4.78, 5) is 0.836. The van der Waals surface area contributed by atoms with E-state index in [-0.39, 0.29) is 10.8 Å². The van der Waals surface area contributed by atoms with Crippen molar-refractivity contribution in [2.75, 3.05) is 0 Å². The van der Waals surface area contributed by atoms with Crippen LogP contribution in [0.3, 0.4) is 0 Å². The maximum absolute atomic E-state index is 11.9. The number of sulfonamides is 1. The van der Waals surface area contributed by atoms with Crippen molar-refractivity contribution in [1.29, 1.82) is 0 Å². The van der Waals surface area contributed by atoms with Crippen molar-refractivity contribution in [2.45, 2.75) is 17.3 Å². The van der Waals surface area contributed by atoms with Crippen molar-refractivity contribution in [2.24, 2.45) is 5.73 Å². The third kappa shape index (κ3) is 2.95. The number of rotatable bonds is 5. The molecule has 0 radical (unpaired) electrons. The molecule has 0 saturated carbocycles. The number of thiophene rings is 1. The first-order valence-corrected chi connectivity index (χ1v) is 7.22. The Hall–Kier alpha value is -1.15. The number of nitrogens with one attached hydrogen (secondary N) is 1. The van der Waals surface area contributed by atoms with Gasteiger partial charge in [-0.15, -0.1) is 11.3 Å². The quantitative estimate of drug-likeness (QED) is 0.858. The van der Waals surface area contributed by atoms with Gasteiger partial charge in [-0.05, 0) is 24.3 Å². The fourth-order valence-electron chi connectivity index (χ4n) is 1.26. The van der Waals surface area contributed by atoms with Gasteiger partial charge in [0.15, 0.2) is 0 Å². The Morgan fingerprint density at radius 3 is 2.76 bits per heavy atom. The molecule has 17 heavy (non-hydrogen) atoms. The smallest absolute Gasteiger partial charge is 0.250 e. The molecular weight excluding hydrogens is 260 g/mol. The molecule has 0 saturated heterocycles. The summed E-state index contributed by atoms with van der Waals surface area (Å²) < 4.78 is 31.5. The van der Waals surface area contributed by atoms with Crippen LogP contribution in [0.4, 0.5) is 0 Å². The number of hydrogen-bond donors (Lipinski definition) is 2. The topological polar surface area (TPSA) is 85.3 Å². The average molecular weight is 272 g/mol. The van der Waals surface area contributed by atoms with E-state index in [4.69, 9.17) is 10.2 Å². The predicted octanol–water partition coefficient (Wildman–Crippen LogP) is 1.28.